The topological polar surface area (TPSA) is 18.5 Å². The Hall–Kier alpha value is -1.43. The Labute approximate surface area is 141 Å². The molecule has 1 saturated heterocycles. The number of hydrogen-bond donors (Lipinski definition) is 0. The summed E-state index contributed by atoms with van der Waals surface area (Å²) in [5.41, 5.74) is 0.441. The van der Waals surface area contributed by atoms with Crippen molar-refractivity contribution >= 4 is 24.5 Å². The number of halogens is 1. The molecule has 0 spiro atoms. The van der Waals surface area contributed by atoms with Crippen LogP contribution in [0.4, 0.5) is 4.39 Å². The molecule has 23 heavy (non-hydrogen) atoms. The normalized spacial score (nSPS) is 20.0. The smallest absolute Gasteiger partial charge is 0.398 e. The maximum atomic E-state index is 14.5. The van der Waals surface area contributed by atoms with Crippen molar-refractivity contribution in [3.63, 3.8) is 0 Å². The Morgan fingerprint density at radius 1 is 1.04 bits per heavy atom. The van der Waals surface area contributed by atoms with Crippen LogP contribution in [0.25, 0.3) is 16.5 Å². The van der Waals surface area contributed by atoms with Gasteiger partial charge in [-0.25, -0.2) is 4.39 Å². The van der Waals surface area contributed by atoms with Crippen LogP contribution in [-0.2, 0) is 9.31 Å². The molecule has 1 aromatic carbocycles. The summed E-state index contributed by atoms with van der Waals surface area (Å²) in [5, 5.41) is 2.04. The average Bonchev–Trinajstić information content (AvgIpc) is 3.07. The predicted octanol–water partition coefficient (Wildman–Crippen LogP) is 5.36. The molecule has 1 aliphatic rings. The Morgan fingerprint density at radius 3 is 2.17 bits per heavy atom. The predicted molar refractivity (Wildman–Crippen MR) is 94.9 cm³/mol. The highest BCUT2D eigenvalue weighted by molar-refractivity contribution is 7.13. The second-order valence-electron chi connectivity index (χ2n) is 6.72. The first-order valence-electron chi connectivity index (χ1n) is 7.65. The van der Waals surface area contributed by atoms with Crippen molar-refractivity contribution in [2.75, 3.05) is 0 Å². The third-order valence-corrected chi connectivity index (χ3v) is 5.42. The van der Waals surface area contributed by atoms with Gasteiger partial charge in [-0.2, -0.15) is 0 Å². The van der Waals surface area contributed by atoms with Crippen molar-refractivity contribution in [1.82, 2.24) is 0 Å². The van der Waals surface area contributed by atoms with Gasteiger partial charge >= 0.3 is 7.12 Å². The van der Waals surface area contributed by atoms with Crippen LogP contribution in [-0.4, -0.2) is 18.3 Å². The Morgan fingerprint density at radius 2 is 1.65 bits per heavy atom. The van der Waals surface area contributed by atoms with Gasteiger partial charge in [0.2, 0.25) is 0 Å². The zero-order valence-electron chi connectivity index (χ0n) is 13.8. The second-order valence-corrected chi connectivity index (χ2v) is 7.66. The SMILES string of the molecule is CC1(C)OB(C(F)=Cc2ccc(-c3cccs3)cc2)OC1(C)C. The fourth-order valence-corrected chi connectivity index (χ4v) is 3.10. The van der Waals surface area contributed by atoms with Gasteiger partial charge in [0.05, 0.1) is 11.2 Å². The Balaban J connectivity index is 1.77. The fourth-order valence-electron chi connectivity index (χ4n) is 2.37. The molecular weight excluding hydrogens is 310 g/mol. The van der Waals surface area contributed by atoms with Gasteiger partial charge in [-0.1, -0.05) is 30.3 Å². The minimum atomic E-state index is -0.947. The lowest BCUT2D eigenvalue weighted by molar-refractivity contribution is 0.00578. The van der Waals surface area contributed by atoms with Crippen LogP contribution in [0.5, 0.6) is 0 Å². The molecule has 0 amide bonds. The van der Waals surface area contributed by atoms with Crippen LogP contribution in [0.15, 0.2) is 47.5 Å². The van der Waals surface area contributed by atoms with Gasteiger partial charge in [0.15, 0.2) is 0 Å². The van der Waals surface area contributed by atoms with E-state index in [2.05, 4.69) is 6.07 Å². The Bertz CT molecular complexity index is 689. The van der Waals surface area contributed by atoms with E-state index in [1.54, 1.807) is 11.3 Å². The summed E-state index contributed by atoms with van der Waals surface area (Å²) in [6.07, 6.45) is 1.47. The third kappa shape index (κ3) is 3.27. The summed E-state index contributed by atoms with van der Waals surface area (Å²) in [4.78, 5) is 1.20. The summed E-state index contributed by atoms with van der Waals surface area (Å²) in [5.74, 6) is 0. The van der Waals surface area contributed by atoms with Gasteiger partial charge in [0.1, 0.15) is 5.73 Å². The summed E-state index contributed by atoms with van der Waals surface area (Å²) in [6, 6.07) is 11.9. The van der Waals surface area contributed by atoms with Crippen LogP contribution in [0.1, 0.15) is 33.3 Å². The lowest BCUT2D eigenvalue weighted by Crippen LogP contribution is -2.41. The molecule has 2 heterocycles. The molecule has 1 aromatic heterocycles. The number of thiophene rings is 1. The van der Waals surface area contributed by atoms with Crippen molar-refractivity contribution < 1.29 is 13.7 Å². The molecule has 0 aliphatic carbocycles. The minimum Gasteiger partial charge on any atom is -0.398 e. The average molecular weight is 330 g/mol. The summed E-state index contributed by atoms with van der Waals surface area (Å²) < 4.78 is 25.9. The summed E-state index contributed by atoms with van der Waals surface area (Å²) >= 11 is 1.69. The van der Waals surface area contributed by atoms with E-state index in [1.807, 2.05) is 63.4 Å². The van der Waals surface area contributed by atoms with Crippen LogP contribution >= 0.6 is 11.3 Å². The van der Waals surface area contributed by atoms with E-state index in [0.717, 1.165) is 11.1 Å². The van der Waals surface area contributed by atoms with E-state index in [1.165, 1.54) is 11.0 Å². The van der Waals surface area contributed by atoms with E-state index in [0.29, 0.717) is 0 Å². The van der Waals surface area contributed by atoms with Gasteiger partial charge in [-0.3, -0.25) is 0 Å². The molecule has 120 valence electrons. The lowest BCUT2D eigenvalue weighted by atomic mass is 9.87. The molecule has 3 rings (SSSR count). The van der Waals surface area contributed by atoms with Gasteiger partial charge in [-0.15, -0.1) is 11.3 Å². The maximum absolute atomic E-state index is 14.5. The molecule has 0 bridgehead atoms. The highest BCUT2D eigenvalue weighted by atomic mass is 32.1. The van der Waals surface area contributed by atoms with E-state index >= 15 is 0 Å². The van der Waals surface area contributed by atoms with Gasteiger partial charge in [0, 0.05) is 4.88 Å². The zero-order valence-corrected chi connectivity index (χ0v) is 14.6. The van der Waals surface area contributed by atoms with Crippen molar-refractivity contribution in [2.24, 2.45) is 0 Å². The summed E-state index contributed by atoms with van der Waals surface area (Å²) in [7, 11) is -0.947. The molecule has 5 heteroatoms. The Kier molecular flexibility index (Phi) is 4.21. The lowest BCUT2D eigenvalue weighted by Gasteiger charge is -2.32. The van der Waals surface area contributed by atoms with Crippen molar-refractivity contribution in [2.45, 2.75) is 38.9 Å². The monoisotopic (exact) mass is 330 g/mol. The van der Waals surface area contributed by atoms with Crippen molar-refractivity contribution in [3.8, 4) is 10.4 Å². The number of benzene rings is 1. The second kappa shape index (κ2) is 5.89. The third-order valence-electron chi connectivity index (χ3n) is 4.50. The number of hydrogen-bond acceptors (Lipinski definition) is 3. The van der Waals surface area contributed by atoms with Gasteiger partial charge in [-0.05, 0) is 56.3 Å². The standard InChI is InChI=1S/C18H20BFO2S/c1-17(2)18(3,4)22-19(21-17)16(20)12-13-7-9-14(10-8-13)15-6-5-11-23-15/h5-12H,1-4H3. The van der Waals surface area contributed by atoms with Crippen LogP contribution in [0.3, 0.4) is 0 Å². The molecule has 2 aromatic rings. The van der Waals surface area contributed by atoms with E-state index in [4.69, 9.17) is 9.31 Å². The fraction of sp³-hybridized carbons (Fsp3) is 0.333. The van der Waals surface area contributed by atoms with Gasteiger partial charge < -0.3 is 9.31 Å². The van der Waals surface area contributed by atoms with E-state index < -0.39 is 24.0 Å². The van der Waals surface area contributed by atoms with Crippen LogP contribution < -0.4 is 0 Å². The molecular formula is C18H20BFO2S. The van der Waals surface area contributed by atoms with E-state index in [9.17, 15) is 4.39 Å². The summed E-state index contributed by atoms with van der Waals surface area (Å²) in [6.45, 7) is 7.65. The van der Waals surface area contributed by atoms with Gasteiger partial charge in [0.25, 0.3) is 0 Å². The quantitative estimate of drug-likeness (QED) is 0.706. The first-order chi connectivity index (χ1) is 10.8. The zero-order chi connectivity index (χ0) is 16.7. The van der Waals surface area contributed by atoms with Crippen molar-refractivity contribution in [3.05, 3.63) is 53.1 Å². The molecule has 1 fully saturated rings. The van der Waals surface area contributed by atoms with E-state index in [-0.39, 0.29) is 0 Å². The first-order valence-corrected chi connectivity index (χ1v) is 8.53. The molecule has 0 atom stereocenters. The molecule has 0 unspecified atom stereocenters. The highest BCUT2D eigenvalue weighted by Gasteiger charge is 2.53. The van der Waals surface area contributed by atoms with Crippen molar-refractivity contribution in [1.29, 1.82) is 0 Å². The molecule has 0 radical (unpaired) electrons. The molecule has 2 nitrogen and oxygen atoms in total. The molecule has 0 saturated carbocycles. The maximum Gasteiger partial charge on any atom is 0.525 e. The van der Waals surface area contributed by atoms with Crippen LogP contribution in [0, 0.1) is 0 Å². The largest absolute Gasteiger partial charge is 0.525 e. The minimum absolute atomic E-state index is 0.410. The first kappa shape index (κ1) is 16.4. The molecule has 0 N–H and O–H groups in total. The van der Waals surface area contributed by atoms with Crippen LogP contribution in [0.2, 0.25) is 0 Å². The highest BCUT2D eigenvalue weighted by Crippen LogP contribution is 2.39. The molecule has 1 aliphatic heterocycles. The number of rotatable bonds is 3.